The Morgan fingerprint density at radius 2 is 1.94 bits per heavy atom. The first-order valence-electron chi connectivity index (χ1n) is 5.14. The van der Waals surface area contributed by atoms with Gasteiger partial charge in [0.05, 0.1) is 0 Å². The second kappa shape index (κ2) is 5.75. The summed E-state index contributed by atoms with van der Waals surface area (Å²) in [6, 6.07) is 9.81. The molecule has 84 valence electrons. The minimum absolute atomic E-state index is 0.0413. The average molecular weight is 215 g/mol. The van der Waals surface area contributed by atoms with Gasteiger partial charge < -0.3 is 11.1 Å². The van der Waals surface area contributed by atoms with Crippen molar-refractivity contribution in [1.29, 1.82) is 5.41 Å². The number of hydrogen-bond acceptors (Lipinski definition) is 2. The summed E-state index contributed by atoms with van der Waals surface area (Å²) in [4.78, 5) is 0. The van der Waals surface area contributed by atoms with Crippen LogP contribution in [0.15, 0.2) is 53.8 Å². The number of nitrogens with two attached hydrogens (primary N) is 1. The molecule has 0 aliphatic rings. The molecule has 0 atom stereocenters. The number of hydrogen-bond donors (Lipinski definition) is 3. The summed E-state index contributed by atoms with van der Waals surface area (Å²) in [6.07, 6.45) is 3.59. The van der Waals surface area contributed by atoms with E-state index in [0.29, 0.717) is 0 Å². The van der Waals surface area contributed by atoms with Crippen LogP contribution in [0.3, 0.4) is 0 Å². The van der Waals surface area contributed by atoms with Crippen molar-refractivity contribution in [2.24, 2.45) is 5.73 Å². The maximum absolute atomic E-state index is 7.29. The predicted molar refractivity (Wildman–Crippen MR) is 69.5 cm³/mol. The lowest BCUT2D eigenvalue weighted by Crippen LogP contribution is -2.10. The Labute approximate surface area is 96.2 Å². The highest BCUT2D eigenvalue weighted by atomic mass is 14.9. The molecule has 0 amide bonds. The largest absolute Gasteiger partial charge is 0.384 e. The molecule has 4 N–H and O–H groups in total. The summed E-state index contributed by atoms with van der Waals surface area (Å²) < 4.78 is 0. The predicted octanol–water partition coefficient (Wildman–Crippen LogP) is 2.88. The number of nitrogens with one attached hydrogen (secondary N) is 2. The molecule has 1 rings (SSSR count). The zero-order valence-corrected chi connectivity index (χ0v) is 9.62. The SMILES string of the molecule is C/C=C(C)/C(=C/C(=N)N)Nc1ccccc1. The minimum Gasteiger partial charge on any atom is -0.384 e. The van der Waals surface area contributed by atoms with Gasteiger partial charge in [-0.15, -0.1) is 0 Å². The third kappa shape index (κ3) is 3.61. The van der Waals surface area contributed by atoms with Gasteiger partial charge in [0.2, 0.25) is 0 Å². The van der Waals surface area contributed by atoms with Crippen molar-refractivity contribution >= 4 is 11.5 Å². The fraction of sp³-hybridized carbons (Fsp3) is 0.154. The fourth-order valence-electron chi connectivity index (χ4n) is 1.24. The van der Waals surface area contributed by atoms with Crippen LogP contribution in [0.4, 0.5) is 5.69 Å². The smallest absolute Gasteiger partial charge is 0.117 e. The highest BCUT2D eigenvalue weighted by Crippen LogP contribution is 2.14. The van der Waals surface area contributed by atoms with Gasteiger partial charge in [-0.1, -0.05) is 24.3 Å². The summed E-state index contributed by atoms with van der Waals surface area (Å²) >= 11 is 0. The number of anilines is 1. The normalized spacial score (nSPS) is 12.4. The van der Waals surface area contributed by atoms with Crippen LogP contribution < -0.4 is 11.1 Å². The van der Waals surface area contributed by atoms with E-state index in [1.54, 1.807) is 6.08 Å². The molecule has 16 heavy (non-hydrogen) atoms. The molecule has 0 aromatic heterocycles. The third-order valence-corrected chi connectivity index (χ3v) is 2.21. The number of rotatable bonds is 4. The lowest BCUT2D eigenvalue weighted by Gasteiger charge is -2.11. The summed E-state index contributed by atoms with van der Waals surface area (Å²) in [5, 5.41) is 10.5. The van der Waals surface area contributed by atoms with Crippen molar-refractivity contribution in [2.75, 3.05) is 5.32 Å². The third-order valence-electron chi connectivity index (χ3n) is 2.21. The van der Waals surface area contributed by atoms with Crippen LogP contribution in [0.2, 0.25) is 0 Å². The van der Waals surface area contributed by atoms with E-state index in [0.717, 1.165) is 17.0 Å². The van der Waals surface area contributed by atoms with Crippen LogP contribution in [0, 0.1) is 5.41 Å². The van der Waals surface area contributed by atoms with E-state index >= 15 is 0 Å². The van der Waals surface area contributed by atoms with Crippen LogP contribution in [-0.2, 0) is 0 Å². The van der Waals surface area contributed by atoms with E-state index in [1.165, 1.54) is 0 Å². The lowest BCUT2D eigenvalue weighted by atomic mass is 10.2. The Morgan fingerprint density at radius 3 is 2.44 bits per heavy atom. The van der Waals surface area contributed by atoms with Crippen LogP contribution in [0.25, 0.3) is 0 Å². The van der Waals surface area contributed by atoms with Crippen molar-refractivity contribution in [3.8, 4) is 0 Å². The summed E-state index contributed by atoms with van der Waals surface area (Å²) in [6.45, 7) is 3.93. The first kappa shape index (κ1) is 12.0. The average Bonchev–Trinajstić information content (AvgIpc) is 2.28. The van der Waals surface area contributed by atoms with Gasteiger partial charge in [0.15, 0.2) is 0 Å². The molecule has 1 aromatic rings. The molecular weight excluding hydrogens is 198 g/mol. The quantitative estimate of drug-likeness (QED) is 0.411. The van der Waals surface area contributed by atoms with Crippen LogP contribution >= 0.6 is 0 Å². The van der Waals surface area contributed by atoms with Crippen molar-refractivity contribution < 1.29 is 0 Å². The molecule has 1 aromatic carbocycles. The van der Waals surface area contributed by atoms with Crippen molar-refractivity contribution in [3.05, 3.63) is 53.8 Å². The van der Waals surface area contributed by atoms with Gasteiger partial charge in [-0.25, -0.2) is 0 Å². The van der Waals surface area contributed by atoms with Crippen molar-refractivity contribution in [3.63, 3.8) is 0 Å². The maximum atomic E-state index is 7.29. The molecule has 0 saturated heterocycles. The van der Waals surface area contributed by atoms with E-state index in [-0.39, 0.29) is 5.84 Å². The Bertz CT molecular complexity index is 416. The number of allylic oxidation sites excluding steroid dienone is 2. The molecule has 0 fully saturated rings. The van der Waals surface area contributed by atoms with Crippen LogP contribution in [-0.4, -0.2) is 5.84 Å². The van der Waals surface area contributed by atoms with Crippen molar-refractivity contribution in [1.82, 2.24) is 0 Å². The molecule has 0 unspecified atom stereocenters. The second-order valence-corrected chi connectivity index (χ2v) is 3.48. The standard InChI is InChI=1S/C13H17N3/c1-3-10(2)12(9-13(14)15)16-11-7-5-4-6-8-11/h3-9,16H,1-2H3,(H3,14,15)/b10-3+,12-9-. The first-order chi connectivity index (χ1) is 7.63. The molecule has 0 aliphatic carbocycles. The number of benzene rings is 1. The Balaban J connectivity index is 2.93. The van der Waals surface area contributed by atoms with Crippen LogP contribution in [0.5, 0.6) is 0 Å². The highest BCUT2D eigenvalue weighted by molar-refractivity contribution is 5.90. The van der Waals surface area contributed by atoms with Crippen LogP contribution in [0.1, 0.15) is 13.8 Å². The Kier molecular flexibility index (Phi) is 4.33. The maximum Gasteiger partial charge on any atom is 0.117 e. The van der Waals surface area contributed by atoms with Gasteiger partial charge >= 0.3 is 0 Å². The molecule has 0 heterocycles. The van der Waals surface area contributed by atoms with Gasteiger partial charge in [0.1, 0.15) is 5.84 Å². The Hall–Kier alpha value is -2.03. The van der Waals surface area contributed by atoms with Gasteiger partial charge in [-0.05, 0) is 31.6 Å². The van der Waals surface area contributed by atoms with E-state index in [2.05, 4.69) is 5.32 Å². The molecule has 3 nitrogen and oxygen atoms in total. The lowest BCUT2D eigenvalue weighted by molar-refractivity contribution is 1.32. The van der Waals surface area contributed by atoms with E-state index in [9.17, 15) is 0 Å². The molecule has 3 heteroatoms. The topological polar surface area (TPSA) is 61.9 Å². The summed E-state index contributed by atoms with van der Waals surface area (Å²) in [7, 11) is 0. The molecule has 0 aliphatic heterocycles. The zero-order chi connectivity index (χ0) is 12.0. The monoisotopic (exact) mass is 215 g/mol. The van der Waals surface area contributed by atoms with E-state index in [1.807, 2.05) is 50.3 Å². The Morgan fingerprint density at radius 1 is 1.31 bits per heavy atom. The molecule has 0 saturated carbocycles. The summed E-state index contributed by atoms with van der Waals surface area (Å²) in [5.74, 6) is 0.0413. The number of para-hydroxylation sites is 1. The van der Waals surface area contributed by atoms with Gasteiger partial charge in [0.25, 0.3) is 0 Å². The van der Waals surface area contributed by atoms with E-state index in [4.69, 9.17) is 11.1 Å². The van der Waals surface area contributed by atoms with Gasteiger partial charge in [0, 0.05) is 17.5 Å². The minimum atomic E-state index is 0.0413. The molecule has 0 spiro atoms. The second-order valence-electron chi connectivity index (χ2n) is 3.48. The number of amidine groups is 1. The van der Waals surface area contributed by atoms with E-state index < -0.39 is 0 Å². The van der Waals surface area contributed by atoms with Gasteiger partial charge in [-0.3, -0.25) is 5.41 Å². The zero-order valence-electron chi connectivity index (χ0n) is 9.62. The molecular formula is C13H17N3. The molecule has 0 radical (unpaired) electrons. The molecule has 0 bridgehead atoms. The van der Waals surface area contributed by atoms with Gasteiger partial charge in [-0.2, -0.15) is 0 Å². The summed E-state index contributed by atoms with van der Waals surface area (Å²) in [5.41, 5.74) is 8.26. The highest BCUT2D eigenvalue weighted by Gasteiger charge is 2.00. The van der Waals surface area contributed by atoms with Crippen molar-refractivity contribution in [2.45, 2.75) is 13.8 Å². The first-order valence-corrected chi connectivity index (χ1v) is 5.14. The fourth-order valence-corrected chi connectivity index (χ4v) is 1.24.